The Morgan fingerprint density at radius 1 is 0.611 bits per heavy atom. The van der Waals surface area contributed by atoms with Gasteiger partial charge in [-0.25, -0.2) is 0 Å². The lowest BCUT2D eigenvalue weighted by Crippen LogP contribution is -1.98. The Labute approximate surface area is 141 Å². The maximum absolute atomic E-state index is 2.06. The van der Waals surface area contributed by atoms with Crippen LogP contribution in [-0.2, 0) is 11.8 Å². The molecule has 0 bridgehead atoms. The second kappa shape index (κ2) is 6.02. The van der Waals surface area contributed by atoms with Crippen LogP contribution in [0.5, 0.6) is 0 Å². The summed E-state index contributed by atoms with van der Waals surface area (Å²) in [6.45, 7) is 0. The fourth-order valence-corrected chi connectivity index (χ4v) is 14.1. The summed E-state index contributed by atoms with van der Waals surface area (Å²) in [4.78, 5) is 0. The molecule has 18 heavy (non-hydrogen) atoms. The third kappa shape index (κ3) is 2.69. The van der Waals surface area contributed by atoms with Crippen LogP contribution in [-0.4, -0.2) is 23.0 Å². The van der Waals surface area contributed by atoms with Gasteiger partial charge in [-0.1, -0.05) is 35.3 Å². The van der Waals surface area contributed by atoms with E-state index in [1.807, 2.05) is 70.6 Å². The van der Waals surface area contributed by atoms with E-state index in [0.717, 1.165) is 0 Å². The Hall–Kier alpha value is 2.02. The van der Waals surface area contributed by atoms with E-state index in [9.17, 15) is 0 Å². The van der Waals surface area contributed by atoms with Gasteiger partial charge < -0.3 is 0 Å². The van der Waals surface area contributed by atoms with E-state index in [2.05, 4.69) is 11.8 Å². The lowest BCUT2D eigenvalue weighted by Gasteiger charge is -2.08. The Bertz CT molecular complexity index is 404. The van der Waals surface area contributed by atoms with E-state index >= 15 is 0 Å². The largest absolute Gasteiger partial charge is 0.211 e. The monoisotopic (exact) mass is 385 g/mol. The Morgan fingerprint density at radius 2 is 1.22 bits per heavy atom. The highest BCUT2D eigenvalue weighted by atomic mass is 32.3. The number of rotatable bonds is 0. The molecule has 0 saturated carbocycles. The van der Waals surface area contributed by atoms with E-state index in [1.165, 1.54) is 23.0 Å². The number of thiol groups is 1. The molecule has 4 heterocycles. The minimum absolute atomic E-state index is 1.28. The third-order valence-corrected chi connectivity index (χ3v) is 14.7. The molecule has 0 aliphatic carbocycles. The molecule has 0 atom stereocenters. The summed E-state index contributed by atoms with van der Waals surface area (Å²) in [7, 11) is 0. The highest BCUT2D eigenvalue weighted by molar-refractivity contribution is 8.44. The quantitative estimate of drug-likeness (QED) is 0.401. The fourth-order valence-electron chi connectivity index (χ4n) is 1.64. The standard InChI is InChI=1S/C10H8S8/c1-2-12-6-5(11-1)15-9(16-6)10-17-7-8(18-10)14-4-3-13-7/h1-4H2/p+1. The first-order valence-electron chi connectivity index (χ1n) is 5.40. The second-order valence-electron chi connectivity index (χ2n) is 3.58. The van der Waals surface area contributed by atoms with Gasteiger partial charge in [0.1, 0.15) is 9.99 Å². The van der Waals surface area contributed by atoms with Gasteiger partial charge >= 0.3 is 0 Å². The molecule has 0 aromatic rings. The molecule has 0 fully saturated rings. The van der Waals surface area contributed by atoms with Crippen molar-refractivity contribution in [3.8, 4) is 0 Å². The number of thioether (sulfide) groups is 7. The van der Waals surface area contributed by atoms with Crippen molar-refractivity contribution in [2.24, 2.45) is 0 Å². The molecule has 0 amide bonds. The topological polar surface area (TPSA) is 0 Å². The molecular formula is C10H9S8+. The van der Waals surface area contributed by atoms with E-state index in [-0.39, 0.29) is 0 Å². The van der Waals surface area contributed by atoms with Crippen LogP contribution in [0.4, 0.5) is 0 Å². The molecule has 0 aromatic heterocycles. The van der Waals surface area contributed by atoms with Crippen LogP contribution >= 0.6 is 82.3 Å². The van der Waals surface area contributed by atoms with E-state index < -0.39 is 0 Å². The summed E-state index contributed by atoms with van der Waals surface area (Å²) in [5.74, 6) is 5.20. The van der Waals surface area contributed by atoms with Crippen molar-refractivity contribution in [3.05, 3.63) is 25.4 Å². The van der Waals surface area contributed by atoms with Crippen LogP contribution in [0.15, 0.2) is 25.4 Å². The predicted octanol–water partition coefficient (Wildman–Crippen LogP) is 5.37. The van der Waals surface area contributed by atoms with Gasteiger partial charge in [-0.15, -0.1) is 35.3 Å². The van der Waals surface area contributed by atoms with Crippen LogP contribution in [0.1, 0.15) is 0 Å². The fraction of sp³-hybridized carbons (Fsp3) is 0.400. The zero-order valence-corrected chi connectivity index (χ0v) is 15.7. The van der Waals surface area contributed by atoms with Gasteiger partial charge in [0, 0.05) is 29.0 Å². The van der Waals surface area contributed by atoms with Crippen LogP contribution in [0.2, 0.25) is 0 Å². The summed E-state index contributed by atoms with van der Waals surface area (Å²) < 4.78 is 9.42. The minimum atomic E-state index is 1.28. The van der Waals surface area contributed by atoms with Crippen LogP contribution in [0, 0.1) is 0 Å². The Balaban J connectivity index is 1.54. The predicted molar refractivity (Wildman–Crippen MR) is 102 cm³/mol. The highest BCUT2D eigenvalue weighted by Crippen LogP contribution is 2.66. The third-order valence-electron chi connectivity index (χ3n) is 2.38. The average Bonchev–Trinajstić information content (AvgIpc) is 3.02. The summed E-state index contributed by atoms with van der Waals surface area (Å²) in [6, 6.07) is 0. The molecule has 0 saturated heterocycles. The van der Waals surface area contributed by atoms with Crippen molar-refractivity contribution in [1.29, 1.82) is 0 Å². The molecule has 0 spiro atoms. The second-order valence-corrected chi connectivity index (χ2v) is 13.8. The Morgan fingerprint density at radius 3 is 1.94 bits per heavy atom. The zero-order valence-electron chi connectivity index (χ0n) is 9.13. The molecule has 4 rings (SSSR count). The minimum Gasteiger partial charge on any atom is -0.116 e. The van der Waals surface area contributed by atoms with Gasteiger partial charge in [0.25, 0.3) is 0 Å². The first-order chi connectivity index (χ1) is 8.90. The van der Waals surface area contributed by atoms with Gasteiger partial charge in [0.05, 0.1) is 16.9 Å². The zero-order chi connectivity index (χ0) is 11.9. The lowest BCUT2D eigenvalue weighted by molar-refractivity contribution is 1.55. The molecule has 0 unspecified atom stereocenters. The van der Waals surface area contributed by atoms with Crippen LogP contribution in [0.3, 0.4) is 0 Å². The molecule has 0 nitrogen and oxygen atoms in total. The normalized spacial score (nSPS) is 28.0. The molecule has 0 N–H and O–H groups in total. The molecule has 4 aliphatic heterocycles. The maximum Gasteiger partial charge on any atom is 0.211 e. The van der Waals surface area contributed by atoms with Gasteiger partial charge in [-0.3, -0.25) is 0 Å². The number of hydrogen-bond donors (Lipinski definition) is 0. The van der Waals surface area contributed by atoms with Gasteiger partial charge in [0.15, 0.2) is 0 Å². The summed E-state index contributed by atoms with van der Waals surface area (Å²) >= 11 is 15.8. The summed E-state index contributed by atoms with van der Waals surface area (Å²) in [5, 5.41) is 0. The molecule has 0 radical (unpaired) electrons. The van der Waals surface area contributed by atoms with E-state index in [0.29, 0.717) is 0 Å². The highest BCUT2D eigenvalue weighted by Gasteiger charge is 2.35. The van der Waals surface area contributed by atoms with Gasteiger partial charge in [-0.2, -0.15) is 0 Å². The average molecular weight is 386 g/mol. The molecular weight excluding hydrogens is 377 g/mol. The first-order valence-corrected chi connectivity index (χ1v) is 12.7. The van der Waals surface area contributed by atoms with Crippen LogP contribution < -0.4 is 0 Å². The Kier molecular flexibility index (Phi) is 4.57. The molecule has 96 valence electrons. The number of hydrogen-bond acceptors (Lipinski definition) is 7. The van der Waals surface area contributed by atoms with Crippen molar-refractivity contribution in [2.45, 2.75) is 0 Å². The first kappa shape index (κ1) is 13.7. The van der Waals surface area contributed by atoms with Gasteiger partial charge in [-0.05, 0) is 11.8 Å². The summed E-state index contributed by atoms with van der Waals surface area (Å²) in [5.41, 5.74) is 0. The van der Waals surface area contributed by atoms with Crippen LogP contribution in [0.25, 0.3) is 0 Å². The van der Waals surface area contributed by atoms with Crippen molar-refractivity contribution >= 4 is 94.1 Å². The van der Waals surface area contributed by atoms with Crippen molar-refractivity contribution in [2.75, 3.05) is 23.0 Å². The van der Waals surface area contributed by atoms with Gasteiger partial charge in [0.2, 0.25) is 4.24 Å². The summed E-state index contributed by atoms with van der Waals surface area (Å²) in [6.07, 6.45) is 0. The maximum atomic E-state index is 2.06. The SMILES string of the molecule is C1CSC2=C(S1)SC(=C1SC3=C(S1)[SH+]CCS3)S2. The lowest BCUT2D eigenvalue weighted by atomic mass is 11.0. The molecule has 0 aromatic carbocycles. The smallest absolute Gasteiger partial charge is 0.116 e. The van der Waals surface area contributed by atoms with E-state index in [4.69, 9.17) is 0 Å². The van der Waals surface area contributed by atoms with Crippen molar-refractivity contribution in [3.63, 3.8) is 0 Å². The van der Waals surface area contributed by atoms with E-state index in [1.54, 1.807) is 37.2 Å². The molecule has 4 aliphatic rings. The van der Waals surface area contributed by atoms with Crippen molar-refractivity contribution < 1.29 is 0 Å². The van der Waals surface area contributed by atoms with Crippen molar-refractivity contribution in [1.82, 2.24) is 0 Å². The molecule has 8 heteroatoms.